The molecule has 30 heavy (non-hydrogen) atoms. The van der Waals surface area contributed by atoms with Gasteiger partial charge in [-0.05, 0) is 75.7 Å². The number of ether oxygens (including phenoxy) is 2. The van der Waals surface area contributed by atoms with Gasteiger partial charge in [0.25, 0.3) is 5.91 Å². The topological polar surface area (TPSA) is 67.9 Å². The molecule has 2 aromatic rings. The predicted octanol–water partition coefficient (Wildman–Crippen LogP) is 3.94. The van der Waals surface area contributed by atoms with E-state index in [2.05, 4.69) is 29.4 Å². The molecule has 0 spiro atoms. The van der Waals surface area contributed by atoms with Gasteiger partial charge in [0.2, 0.25) is 0 Å². The molecule has 160 valence electrons. The lowest BCUT2D eigenvalue weighted by Gasteiger charge is -2.18. The van der Waals surface area contributed by atoms with Crippen LogP contribution in [0.4, 0.5) is 5.69 Å². The standard InChI is InChI=1S/C24H30N2O4/c1-3-29-20-8-6-7-18(15-20)12-14-26(2)13-5-4-9-22(27)19-10-11-23-21(16-19)25-24(28)17-30-23/h6-8,10-11,15-16H,3-5,9,12-14,17H2,1-2H3,(H,25,28). The zero-order chi connectivity index (χ0) is 21.3. The van der Waals surface area contributed by atoms with E-state index in [0.717, 1.165) is 38.1 Å². The Morgan fingerprint density at radius 3 is 2.87 bits per heavy atom. The number of hydrogen-bond acceptors (Lipinski definition) is 5. The molecule has 1 heterocycles. The van der Waals surface area contributed by atoms with Crippen LogP contribution in [-0.4, -0.2) is 49.9 Å². The Morgan fingerprint density at radius 1 is 1.17 bits per heavy atom. The van der Waals surface area contributed by atoms with Crippen LogP contribution in [-0.2, 0) is 11.2 Å². The van der Waals surface area contributed by atoms with Crippen LogP contribution in [0.3, 0.4) is 0 Å². The SMILES string of the molecule is CCOc1cccc(CCN(C)CCCCC(=O)c2ccc3c(c2)NC(=O)CO3)c1. The fraction of sp³-hybridized carbons (Fsp3) is 0.417. The summed E-state index contributed by atoms with van der Waals surface area (Å²) in [6.45, 7) is 4.60. The van der Waals surface area contributed by atoms with Gasteiger partial charge in [0, 0.05) is 18.5 Å². The van der Waals surface area contributed by atoms with E-state index in [1.54, 1.807) is 18.2 Å². The number of carbonyl (C=O) groups is 2. The third-order valence-electron chi connectivity index (χ3n) is 5.12. The van der Waals surface area contributed by atoms with Crippen molar-refractivity contribution in [3.05, 3.63) is 53.6 Å². The number of benzene rings is 2. The van der Waals surface area contributed by atoms with E-state index in [-0.39, 0.29) is 18.3 Å². The van der Waals surface area contributed by atoms with Crippen molar-refractivity contribution >= 4 is 17.4 Å². The molecule has 1 amide bonds. The van der Waals surface area contributed by atoms with Crippen molar-refractivity contribution in [1.82, 2.24) is 4.90 Å². The summed E-state index contributed by atoms with van der Waals surface area (Å²) in [4.78, 5) is 26.2. The zero-order valence-electron chi connectivity index (χ0n) is 17.8. The first-order valence-electron chi connectivity index (χ1n) is 10.6. The summed E-state index contributed by atoms with van der Waals surface area (Å²) in [5.41, 5.74) is 2.46. The van der Waals surface area contributed by atoms with Crippen molar-refractivity contribution in [1.29, 1.82) is 0 Å². The Bertz CT molecular complexity index is 881. The number of nitrogens with one attached hydrogen (secondary N) is 1. The van der Waals surface area contributed by atoms with Gasteiger partial charge in [0.1, 0.15) is 11.5 Å². The Hall–Kier alpha value is -2.86. The Morgan fingerprint density at radius 2 is 2.03 bits per heavy atom. The summed E-state index contributed by atoms with van der Waals surface area (Å²) in [7, 11) is 2.11. The van der Waals surface area contributed by atoms with Crippen LogP contribution < -0.4 is 14.8 Å². The smallest absolute Gasteiger partial charge is 0.262 e. The molecule has 6 heteroatoms. The van der Waals surface area contributed by atoms with Gasteiger partial charge >= 0.3 is 0 Å². The molecule has 1 aliphatic rings. The number of rotatable bonds is 11. The van der Waals surface area contributed by atoms with Crippen molar-refractivity contribution in [3.8, 4) is 11.5 Å². The molecule has 1 N–H and O–H groups in total. The second-order valence-corrected chi connectivity index (χ2v) is 7.56. The lowest BCUT2D eigenvalue weighted by molar-refractivity contribution is -0.118. The first kappa shape index (κ1) is 21.8. The van der Waals surface area contributed by atoms with Crippen molar-refractivity contribution in [2.75, 3.05) is 38.7 Å². The van der Waals surface area contributed by atoms with E-state index < -0.39 is 0 Å². The van der Waals surface area contributed by atoms with Crippen LogP contribution >= 0.6 is 0 Å². The van der Waals surface area contributed by atoms with Crippen LogP contribution in [0.15, 0.2) is 42.5 Å². The summed E-state index contributed by atoms with van der Waals surface area (Å²) < 4.78 is 10.9. The van der Waals surface area contributed by atoms with Gasteiger partial charge < -0.3 is 19.7 Å². The van der Waals surface area contributed by atoms with Gasteiger partial charge in [-0.15, -0.1) is 0 Å². The zero-order valence-corrected chi connectivity index (χ0v) is 17.8. The highest BCUT2D eigenvalue weighted by molar-refractivity contribution is 6.00. The summed E-state index contributed by atoms with van der Waals surface area (Å²) in [6.07, 6.45) is 3.27. The number of anilines is 1. The number of carbonyl (C=O) groups excluding carboxylic acids is 2. The molecule has 0 radical (unpaired) electrons. The molecule has 0 aromatic heterocycles. The molecule has 6 nitrogen and oxygen atoms in total. The van der Waals surface area contributed by atoms with E-state index in [4.69, 9.17) is 9.47 Å². The second kappa shape index (κ2) is 10.8. The Labute approximate surface area is 178 Å². The highest BCUT2D eigenvalue weighted by atomic mass is 16.5. The minimum absolute atomic E-state index is 0.0196. The molecular weight excluding hydrogens is 380 g/mol. The summed E-state index contributed by atoms with van der Waals surface area (Å²) >= 11 is 0. The minimum Gasteiger partial charge on any atom is -0.494 e. The van der Waals surface area contributed by atoms with Gasteiger partial charge in [-0.2, -0.15) is 0 Å². The summed E-state index contributed by atoms with van der Waals surface area (Å²) in [5, 5.41) is 2.74. The highest BCUT2D eigenvalue weighted by Crippen LogP contribution is 2.29. The van der Waals surface area contributed by atoms with Crippen molar-refractivity contribution in [2.45, 2.75) is 32.6 Å². The van der Waals surface area contributed by atoms with Crippen molar-refractivity contribution < 1.29 is 19.1 Å². The number of amides is 1. The molecule has 0 fully saturated rings. The number of hydrogen-bond donors (Lipinski definition) is 1. The van der Waals surface area contributed by atoms with Gasteiger partial charge in [-0.1, -0.05) is 12.1 Å². The van der Waals surface area contributed by atoms with Crippen LogP contribution in [0.25, 0.3) is 0 Å². The van der Waals surface area contributed by atoms with Crippen molar-refractivity contribution in [2.24, 2.45) is 0 Å². The fourth-order valence-corrected chi connectivity index (χ4v) is 3.46. The average Bonchev–Trinajstić information content (AvgIpc) is 2.75. The van der Waals surface area contributed by atoms with Gasteiger partial charge in [-0.25, -0.2) is 0 Å². The molecule has 0 bridgehead atoms. The molecular formula is C24H30N2O4. The number of Topliss-reactive ketones (excluding diaryl/α,β-unsaturated/α-hetero) is 1. The Balaban J connectivity index is 1.37. The van der Waals surface area contributed by atoms with Crippen LogP contribution in [0, 0.1) is 0 Å². The fourth-order valence-electron chi connectivity index (χ4n) is 3.46. The minimum atomic E-state index is -0.195. The highest BCUT2D eigenvalue weighted by Gasteiger charge is 2.17. The third-order valence-corrected chi connectivity index (χ3v) is 5.12. The number of fused-ring (bicyclic) bond motifs is 1. The van der Waals surface area contributed by atoms with E-state index in [1.807, 2.05) is 19.1 Å². The molecule has 3 rings (SSSR count). The number of likely N-dealkylation sites (N-methyl/N-ethyl adjacent to an activating group) is 1. The van der Waals surface area contributed by atoms with Crippen LogP contribution in [0.1, 0.15) is 42.1 Å². The number of nitrogens with zero attached hydrogens (tertiary/aromatic N) is 1. The number of ketones is 1. The van der Waals surface area contributed by atoms with Crippen LogP contribution in [0.5, 0.6) is 11.5 Å². The molecule has 0 atom stereocenters. The maximum Gasteiger partial charge on any atom is 0.262 e. The summed E-state index contributed by atoms with van der Waals surface area (Å²) in [6, 6.07) is 13.5. The lowest BCUT2D eigenvalue weighted by atomic mass is 10.0. The first-order valence-corrected chi connectivity index (χ1v) is 10.6. The normalized spacial score (nSPS) is 12.8. The molecule has 0 unspecified atom stereocenters. The predicted molar refractivity (Wildman–Crippen MR) is 118 cm³/mol. The molecule has 1 aliphatic heterocycles. The largest absolute Gasteiger partial charge is 0.494 e. The second-order valence-electron chi connectivity index (χ2n) is 7.56. The van der Waals surface area contributed by atoms with E-state index in [0.29, 0.717) is 30.0 Å². The number of unbranched alkanes of at least 4 members (excludes halogenated alkanes) is 1. The third kappa shape index (κ3) is 6.32. The molecule has 0 saturated carbocycles. The maximum absolute atomic E-state index is 12.5. The van der Waals surface area contributed by atoms with E-state index >= 15 is 0 Å². The molecule has 0 saturated heterocycles. The van der Waals surface area contributed by atoms with Gasteiger partial charge in [-0.3, -0.25) is 9.59 Å². The van der Waals surface area contributed by atoms with Crippen molar-refractivity contribution in [3.63, 3.8) is 0 Å². The monoisotopic (exact) mass is 410 g/mol. The van der Waals surface area contributed by atoms with E-state index in [1.165, 1.54) is 5.56 Å². The van der Waals surface area contributed by atoms with E-state index in [9.17, 15) is 9.59 Å². The van der Waals surface area contributed by atoms with Crippen LogP contribution in [0.2, 0.25) is 0 Å². The quantitative estimate of drug-likeness (QED) is 0.449. The van der Waals surface area contributed by atoms with Gasteiger partial charge in [0.15, 0.2) is 12.4 Å². The first-order chi connectivity index (χ1) is 14.5. The lowest BCUT2D eigenvalue weighted by Crippen LogP contribution is -2.25. The maximum atomic E-state index is 12.5. The average molecular weight is 411 g/mol. The van der Waals surface area contributed by atoms with Gasteiger partial charge in [0.05, 0.1) is 12.3 Å². The molecule has 2 aromatic carbocycles. The molecule has 0 aliphatic carbocycles. The summed E-state index contributed by atoms with van der Waals surface area (Å²) in [5.74, 6) is 1.43. The Kier molecular flexibility index (Phi) is 7.85.